The maximum absolute atomic E-state index is 14.6. The summed E-state index contributed by atoms with van der Waals surface area (Å²) in [4.78, 5) is 26.5. The number of aryl methyl sites for hydroxylation is 2. The lowest BCUT2D eigenvalue weighted by Crippen LogP contribution is -2.15. The van der Waals surface area contributed by atoms with Crippen molar-refractivity contribution in [3.8, 4) is 28.3 Å². The summed E-state index contributed by atoms with van der Waals surface area (Å²) in [5, 5.41) is 2.94. The van der Waals surface area contributed by atoms with Crippen LogP contribution in [0.1, 0.15) is 16.3 Å². The number of methoxy groups -OCH3 is 1. The van der Waals surface area contributed by atoms with Crippen LogP contribution in [0.25, 0.3) is 33.5 Å². The number of carbonyl (C=O) groups is 1. The molecule has 180 valence electrons. The smallest absolute Gasteiger partial charge is 0.274 e. The number of carbonyl (C=O) groups excluding carboxylic acids is 1. The highest BCUT2D eigenvalue weighted by Crippen LogP contribution is 2.38. The zero-order chi connectivity index (χ0) is 25.4. The van der Waals surface area contributed by atoms with E-state index >= 15 is 0 Å². The van der Waals surface area contributed by atoms with Crippen LogP contribution in [0.5, 0.6) is 5.75 Å². The fourth-order valence-electron chi connectivity index (χ4n) is 4.16. The van der Waals surface area contributed by atoms with Gasteiger partial charge < -0.3 is 20.4 Å². The number of ether oxygens (including phenoxy) is 1. The third-order valence-electron chi connectivity index (χ3n) is 6.06. The molecule has 0 unspecified atom stereocenters. The lowest BCUT2D eigenvalue weighted by atomic mass is 10.00. The summed E-state index contributed by atoms with van der Waals surface area (Å²) < 4.78 is 21.8. The number of benzene rings is 3. The van der Waals surface area contributed by atoms with Gasteiger partial charge in [-0.1, -0.05) is 24.3 Å². The van der Waals surface area contributed by atoms with Crippen molar-refractivity contribution in [3.63, 3.8) is 0 Å². The number of nitrogens with two attached hydrogens (primary N) is 1. The molecule has 0 radical (unpaired) electrons. The molecular formula is C27H23FN6O2. The molecule has 0 aliphatic heterocycles. The van der Waals surface area contributed by atoms with E-state index < -0.39 is 11.7 Å². The van der Waals surface area contributed by atoms with Crippen LogP contribution in [-0.4, -0.2) is 32.5 Å². The number of fused-ring (bicyclic) bond motifs is 1. The van der Waals surface area contributed by atoms with Crippen LogP contribution in [0.4, 0.5) is 15.8 Å². The lowest BCUT2D eigenvalue weighted by Gasteiger charge is -2.14. The molecule has 3 N–H and O–H groups in total. The Morgan fingerprint density at radius 3 is 2.61 bits per heavy atom. The molecule has 5 aromatic rings. The highest BCUT2D eigenvalue weighted by Gasteiger charge is 2.21. The van der Waals surface area contributed by atoms with Gasteiger partial charge in [-0.3, -0.25) is 4.79 Å². The van der Waals surface area contributed by atoms with Crippen molar-refractivity contribution in [2.45, 2.75) is 6.92 Å². The first-order valence-corrected chi connectivity index (χ1v) is 11.2. The first-order valence-electron chi connectivity index (χ1n) is 11.2. The molecule has 0 atom stereocenters. The maximum Gasteiger partial charge on any atom is 0.274 e. The number of nitrogen functional groups attached to an aromatic ring is 1. The Morgan fingerprint density at radius 1 is 1.03 bits per heavy atom. The average Bonchev–Trinajstić information content (AvgIpc) is 3.17. The Kier molecular flexibility index (Phi) is 5.81. The quantitative estimate of drug-likeness (QED) is 0.342. The van der Waals surface area contributed by atoms with Crippen LogP contribution in [0, 0.1) is 12.7 Å². The normalized spacial score (nSPS) is 11.0. The molecule has 8 nitrogen and oxygen atoms in total. The fraction of sp³-hybridized carbons (Fsp3) is 0.111. The first-order chi connectivity index (χ1) is 17.4. The maximum atomic E-state index is 14.6. The van der Waals surface area contributed by atoms with Gasteiger partial charge in [0.2, 0.25) is 0 Å². The van der Waals surface area contributed by atoms with Crippen LogP contribution in [0.3, 0.4) is 0 Å². The highest BCUT2D eigenvalue weighted by atomic mass is 19.1. The van der Waals surface area contributed by atoms with Gasteiger partial charge in [-0.25, -0.2) is 19.3 Å². The zero-order valence-electron chi connectivity index (χ0n) is 19.9. The van der Waals surface area contributed by atoms with Crippen molar-refractivity contribution < 1.29 is 13.9 Å². The van der Waals surface area contributed by atoms with E-state index in [1.54, 1.807) is 12.1 Å². The molecule has 0 spiro atoms. The van der Waals surface area contributed by atoms with Crippen molar-refractivity contribution in [3.05, 3.63) is 84.2 Å². The molecule has 3 aromatic carbocycles. The van der Waals surface area contributed by atoms with E-state index in [4.69, 9.17) is 15.5 Å². The summed E-state index contributed by atoms with van der Waals surface area (Å²) >= 11 is 0. The Morgan fingerprint density at radius 2 is 1.83 bits per heavy atom. The molecule has 0 saturated heterocycles. The van der Waals surface area contributed by atoms with E-state index in [1.165, 1.54) is 31.5 Å². The van der Waals surface area contributed by atoms with Crippen molar-refractivity contribution >= 4 is 28.3 Å². The predicted octanol–water partition coefficient (Wildman–Crippen LogP) is 4.99. The molecule has 5 rings (SSSR count). The van der Waals surface area contributed by atoms with E-state index in [2.05, 4.69) is 15.3 Å². The van der Waals surface area contributed by atoms with E-state index in [0.717, 1.165) is 16.9 Å². The summed E-state index contributed by atoms with van der Waals surface area (Å²) in [5.41, 5.74) is 10.6. The summed E-state index contributed by atoms with van der Waals surface area (Å²) in [7, 11) is 3.36. The fourth-order valence-corrected chi connectivity index (χ4v) is 4.16. The Hall–Kier alpha value is -4.79. The minimum Gasteiger partial charge on any atom is -0.496 e. The van der Waals surface area contributed by atoms with Crippen LogP contribution < -0.4 is 15.8 Å². The second kappa shape index (κ2) is 9.10. The van der Waals surface area contributed by atoms with Gasteiger partial charge in [0.1, 0.15) is 23.1 Å². The van der Waals surface area contributed by atoms with Crippen molar-refractivity contribution in [1.29, 1.82) is 0 Å². The van der Waals surface area contributed by atoms with Crippen molar-refractivity contribution in [1.82, 2.24) is 19.5 Å². The highest BCUT2D eigenvalue weighted by molar-refractivity contribution is 6.10. The summed E-state index contributed by atoms with van der Waals surface area (Å²) in [6, 6.07) is 17.0. The van der Waals surface area contributed by atoms with Gasteiger partial charge in [0, 0.05) is 30.1 Å². The number of aromatic nitrogens is 4. The third kappa shape index (κ3) is 3.90. The molecule has 36 heavy (non-hydrogen) atoms. The number of para-hydroxylation sites is 1. The SMILES string of the molecule is COc1cccc(F)c1-c1nccc(C(=O)Nc2ccc3c(nc(C)n3C)c2-c2ccccc2N)n1. The second-order valence-electron chi connectivity index (χ2n) is 8.20. The number of imidazole rings is 1. The van der Waals surface area contributed by atoms with Gasteiger partial charge in [0.25, 0.3) is 5.91 Å². The molecule has 9 heteroatoms. The predicted molar refractivity (Wildman–Crippen MR) is 137 cm³/mol. The van der Waals surface area contributed by atoms with E-state index in [0.29, 0.717) is 22.5 Å². The number of anilines is 2. The third-order valence-corrected chi connectivity index (χ3v) is 6.06. The second-order valence-corrected chi connectivity index (χ2v) is 8.20. The topological polar surface area (TPSA) is 108 Å². The van der Waals surface area contributed by atoms with Crippen molar-refractivity contribution in [2.24, 2.45) is 7.05 Å². The number of hydrogen-bond donors (Lipinski definition) is 2. The Bertz CT molecular complexity index is 1630. The molecule has 0 aliphatic carbocycles. The molecule has 0 saturated carbocycles. The summed E-state index contributed by atoms with van der Waals surface area (Å²) in [6.07, 6.45) is 1.41. The Labute approximate surface area is 206 Å². The molecule has 1 amide bonds. The molecular weight excluding hydrogens is 459 g/mol. The van der Waals surface area contributed by atoms with Crippen LogP contribution >= 0.6 is 0 Å². The zero-order valence-corrected chi connectivity index (χ0v) is 19.9. The van der Waals surface area contributed by atoms with Gasteiger partial charge in [0.05, 0.1) is 29.4 Å². The summed E-state index contributed by atoms with van der Waals surface area (Å²) in [5.74, 6) is 0.0937. The average molecular weight is 483 g/mol. The number of rotatable bonds is 5. The Balaban J connectivity index is 1.59. The largest absolute Gasteiger partial charge is 0.496 e. The first kappa shape index (κ1) is 23.0. The van der Waals surface area contributed by atoms with Gasteiger partial charge >= 0.3 is 0 Å². The van der Waals surface area contributed by atoms with Gasteiger partial charge in [0.15, 0.2) is 5.82 Å². The number of nitrogens with zero attached hydrogens (tertiary/aromatic N) is 4. The van der Waals surface area contributed by atoms with Crippen LogP contribution in [-0.2, 0) is 7.05 Å². The van der Waals surface area contributed by atoms with Gasteiger partial charge in [-0.15, -0.1) is 0 Å². The standard InChI is InChI=1S/C27H23FN6O2/c1-15-31-25-21(34(15)2)12-11-19(23(25)16-7-4-5-9-18(16)29)33-27(35)20-13-14-30-26(32-20)24-17(28)8-6-10-22(24)36-3/h4-14H,29H2,1-3H3,(H,33,35). The molecule has 2 heterocycles. The summed E-state index contributed by atoms with van der Waals surface area (Å²) in [6.45, 7) is 1.91. The minimum atomic E-state index is -0.551. The van der Waals surface area contributed by atoms with E-state index in [9.17, 15) is 9.18 Å². The number of nitrogens with one attached hydrogen (secondary N) is 1. The molecule has 2 aromatic heterocycles. The van der Waals surface area contributed by atoms with Crippen molar-refractivity contribution in [2.75, 3.05) is 18.2 Å². The monoisotopic (exact) mass is 482 g/mol. The number of halogens is 1. The number of hydrogen-bond acceptors (Lipinski definition) is 6. The van der Waals surface area contributed by atoms with E-state index in [-0.39, 0.29) is 22.8 Å². The van der Waals surface area contributed by atoms with E-state index in [1.807, 2.05) is 48.9 Å². The van der Waals surface area contributed by atoms with Gasteiger partial charge in [-0.05, 0) is 43.3 Å². The molecule has 0 fully saturated rings. The lowest BCUT2D eigenvalue weighted by molar-refractivity contribution is 0.102. The van der Waals surface area contributed by atoms with Crippen LogP contribution in [0.15, 0.2) is 66.9 Å². The number of amides is 1. The minimum absolute atomic E-state index is 0.0425. The molecule has 0 aliphatic rings. The van der Waals surface area contributed by atoms with Crippen LogP contribution in [0.2, 0.25) is 0 Å². The molecule has 0 bridgehead atoms. The van der Waals surface area contributed by atoms with Gasteiger partial charge in [-0.2, -0.15) is 0 Å².